The number of imidazole rings is 1. The minimum absolute atomic E-state index is 0.113. The van der Waals surface area contributed by atoms with Crippen LogP contribution >= 0.6 is 0 Å². The van der Waals surface area contributed by atoms with Crippen LogP contribution in [0.1, 0.15) is 23.3 Å². The second-order valence-corrected chi connectivity index (χ2v) is 8.51. The van der Waals surface area contributed by atoms with Crippen molar-refractivity contribution in [3.63, 3.8) is 0 Å². The van der Waals surface area contributed by atoms with Crippen molar-refractivity contribution in [2.45, 2.75) is 17.7 Å². The predicted molar refractivity (Wildman–Crippen MR) is 100 cm³/mol. The van der Waals surface area contributed by atoms with Gasteiger partial charge < -0.3 is 19.9 Å². The highest BCUT2D eigenvalue weighted by atomic mass is 32.2. The molecular formula is C17H19N5O4S. The van der Waals surface area contributed by atoms with Crippen LogP contribution < -0.4 is 11.0 Å². The molecule has 27 heavy (non-hydrogen) atoms. The van der Waals surface area contributed by atoms with Gasteiger partial charge in [0, 0.05) is 32.0 Å². The molecule has 3 heterocycles. The summed E-state index contributed by atoms with van der Waals surface area (Å²) in [6.45, 7) is 1.02. The van der Waals surface area contributed by atoms with E-state index in [0.29, 0.717) is 29.8 Å². The average Bonchev–Trinajstić information content (AvgIpc) is 3.32. The van der Waals surface area contributed by atoms with Gasteiger partial charge in [0.1, 0.15) is 10.6 Å². The Morgan fingerprint density at radius 2 is 1.81 bits per heavy atom. The van der Waals surface area contributed by atoms with Crippen molar-refractivity contribution in [3.8, 4) is 0 Å². The third-order valence-electron chi connectivity index (χ3n) is 4.69. The molecule has 1 amide bonds. The lowest BCUT2D eigenvalue weighted by Crippen LogP contribution is -2.27. The Hall–Kier alpha value is -2.85. The fourth-order valence-electron chi connectivity index (χ4n) is 3.28. The number of nitrogens with one attached hydrogen (secondary N) is 3. The van der Waals surface area contributed by atoms with Crippen LogP contribution in [-0.4, -0.2) is 46.3 Å². The van der Waals surface area contributed by atoms with E-state index in [1.165, 1.54) is 21.1 Å². The monoisotopic (exact) mass is 389 g/mol. The van der Waals surface area contributed by atoms with Crippen LogP contribution in [0, 0.1) is 0 Å². The van der Waals surface area contributed by atoms with E-state index < -0.39 is 15.9 Å². The number of aromatic amines is 2. The molecule has 0 atom stereocenters. The summed E-state index contributed by atoms with van der Waals surface area (Å²) in [4.78, 5) is 29.3. The molecule has 4 rings (SSSR count). The van der Waals surface area contributed by atoms with Crippen LogP contribution in [0.2, 0.25) is 0 Å². The van der Waals surface area contributed by atoms with Gasteiger partial charge in [-0.25, -0.2) is 13.2 Å². The number of fused-ring (bicyclic) bond motifs is 1. The van der Waals surface area contributed by atoms with Gasteiger partial charge in [-0.05, 0) is 37.1 Å². The molecule has 0 radical (unpaired) electrons. The number of benzene rings is 1. The number of aromatic nitrogens is 3. The number of carbonyl (C=O) groups excluding carboxylic acids is 1. The highest BCUT2D eigenvalue weighted by Crippen LogP contribution is 2.23. The van der Waals surface area contributed by atoms with Gasteiger partial charge in [-0.1, -0.05) is 0 Å². The number of sulfonamides is 1. The molecule has 2 aromatic heterocycles. The Balaban J connectivity index is 1.59. The molecule has 3 N–H and O–H groups in total. The summed E-state index contributed by atoms with van der Waals surface area (Å²) in [5.74, 6) is -0.433. The maximum absolute atomic E-state index is 12.7. The first-order valence-electron chi connectivity index (χ1n) is 8.54. The molecule has 1 aliphatic rings. The Bertz CT molecular complexity index is 1180. The number of amides is 1. The van der Waals surface area contributed by atoms with Gasteiger partial charge in [-0.15, -0.1) is 0 Å². The SMILES string of the molecule is Cn1cc(S(=O)(=O)N2CCCC2)cc1C(=O)Nc1ccc2[nH]c(=O)[nH]c2c1. The van der Waals surface area contributed by atoms with Gasteiger partial charge in [-0.3, -0.25) is 4.79 Å². The number of H-pyrrole nitrogens is 2. The van der Waals surface area contributed by atoms with E-state index in [-0.39, 0.29) is 16.3 Å². The van der Waals surface area contributed by atoms with Crippen molar-refractivity contribution >= 4 is 32.7 Å². The Labute approximate surface area is 155 Å². The number of anilines is 1. The van der Waals surface area contributed by atoms with Crippen molar-refractivity contribution < 1.29 is 13.2 Å². The maximum atomic E-state index is 12.7. The quantitative estimate of drug-likeness (QED) is 0.621. The minimum Gasteiger partial charge on any atom is -0.345 e. The molecule has 10 heteroatoms. The number of nitrogens with zero attached hydrogens (tertiary/aromatic N) is 2. The third-order valence-corrected chi connectivity index (χ3v) is 6.55. The van der Waals surface area contributed by atoms with Crippen LogP contribution in [0.3, 0.4) is 0 Å². The lowest BCUT2D eigenvalue weighted by Gasteiger charge is -2.13. The zero-order chi connectivity index (χ0) is 19.2. The van der Waals surface area contributed by atoms with E-state index in [1.54, 1.807) is 25.2 Å². The van der Waals surface area contributed by atoms with Crippen molar-refractivity contribution in [2.75, 3.05) is 18.4 Å². The van der Waals surface area contributed by atoms with Gasteiger partial charge in [0.25, 0.3) is 5.91 Å². The maximum Gasteiger partial charge on any atom is 0.323 e. The van der Waals surface area contributed by atoms with E-state index in [9.17, 15) is 18.0 Å². The molecule has 0 bridgehead atoms. The third kappa shape index (κ3) is 3.17. The van der Waals surface area contributed by atoms with Crippen molar-refractivity contribution in [3.05, 3.63) is 46.6 Å². The molecule has 1 saturated heterocycles. The second kappa shape index (κ2) is 6.39. The van der Waals surface area contributed by atoms with E-state index >= 15 is 0 Å². The second-order valence-electron chi connectivity index (χ2n) is 6.58. The smallest absolute Gasteiger partial charge is 0.323 e. The van der Waals surface area contributed by atoms with Gasteiger partial charge in [0.05, 0.1) is 11.0 Å². The minimum atomic E-state index is -3.58. The molecule has 0 unspecified atom stereocenters. The van der Waals surface area contributed by atoms with Crippen molar-refractivity contribution in [1.29, 1.82) is 0 Å². The topological polar surface area (TPSA) is 120 Å². The summed E-state index contributed by atoms with van der Waals surface area (Å²) >= 11 is 0. The Morgan fingerprint density at radius 3 is 2.56 bits per heavy atom. The van der Waals surface area contributed by atoms with Crippen LogP contribution in [0.15, 0.2) is 40.2 Å². The van der Waals surface area contributed by atoms with E-state index in [4.69, 9.17) is 0 Å². The zero-order valence-electron chi connectivity index (χ0n) is 14.7. The first-order chi connectivity index (χ1) is 12.8. The Kier molecular flexibility index (Phi) is 4.16. The van der Waals surface area contributed by atoms with Gasteiger partial charge in [0.15, 0.2) is 0 Å². The molecule has 0 saturated carbocycles. The summed E-state index contributed by atoms with van der Waals surface area (Å²) in [6, 6.07) is 6.36. The molecule has 9 nitrogen and oxygen atoms in total. The summed E-state index contributed by atoms with van der Waals surface area (Å²) in [5.41, 5.74) is 1.61. The first kappa shape index (κ1) is 17.6. The van der Waals surface area contributed by atoms with Crippen LogP contribution in [-0.2, 0) is 17.1 Å². The molecule has 142 valence electrons. The predicted octanol–water partition coefficient (Wildman–Crippen LogP) is 1.23. The molecule has 3 aromatic rings. The van der Waals surface area contributed by atoms with Gasteiger partial charge in [0.2, 0.25) is 10.0 Å². The lowest BCUT2D eigenvalue weighted by atomic mass is 10.2. The Morgan fingerprint density at radius 1 is 1.11 bits per heavy atom. The van der Waals surface area contributed by atoms with Crippen LogP contribution in [0.4, 0.5) is 5.69 Å². The summed E-state index contributed by atoms with van der Waals surface area (Å²) < 4.78 is 28.3. The van der Waals surface area contributed by atoms with Crippen molar-refractivity contribution in [1.82, 2.24) is 18.8 Å². The molecular weight excluding hydrogens is 370 g/mol. The largest absolute Gasteiger partial charge is 0.345 e. The van der Waals surface area contributed by atoms with E-state index in [2.05, 4.69) is 15.3 Å². The number of carbonyl (C=O) groups is 1. The highest BCUT2D eigenvalue weighted by Gasteiger charge is 2.29. The van der Waals surface area contributed by atoms with Crippen LogP contribution in [0.5, 0.6) is 0 Å². The zero-order valence-corrected chi connectivity index (χ0v) is 15.5. The number of hydrogen-bond donors (Lipinski definition) is 3. The number of aryl methyl sites for hydroxylation is 1. The lowest BCUT2D eigenvalue weighted by molar-refractivity contribution is 0.101. The molecule has 1 fully saturated rings. The molecule has 0 aliphatic carbocycles. The van der Waals surface area contributed by atoms with Crippen LogP contribution in [0.25, 0.3) is 11.0 Å². The van der Waals surface area contributed by atoms with E-state index in [0.717, 1.165) is 12.8 Å². The summed E-state index contributed by atoms with van der Waals surface area (Å²) in [5, 5.41) is 2.73. The number of rotatable bonds is 4. The van der Waals surface area contributed by atoms with E-state index in [1.807, 2.05) is 0 Å². The fourth-order valence-corrected chi connectivity index (χ4v) is 4.87. The van der Waals surface area contributed by atoms with Gasteiger partial charge in [-0.2, -0.15) is 4.31 Å². The molecule has 1 aliphatic heterocycles. The molecule has 0 spiro atoms. The summed E-state index contributed by atoms with van der Waals surface area (Å²) in [7, 11) is -1.95. The fraction of sp³-hybridized carbons (Fsp3) is 0.294. The highest BCUT2D eigenvalue weighted by molar-refractivity contribution is 7.89. The first-order valence-corrected chi connectivity index (χ1v) is 9.98. The standard InChI is InChI=1S/C17H19N5O4S/c1-21-10-12(27(25,26)22-6-2-3-7-22)9-15(21)16(23)18-11-4-5-13-14(8-11)20-17(24)19-13/h4-5,8-10H,2-3,6-7H2,1H3,(H,18,23)(H2,19,20,24). The van der Waals surface area contributed by atoms with Gasteiger partial charge >= 0.3 is 5.69 Å². The van der Waals surface area contributed by atoms with Crippen molar-refractivity contribution in [2.24, 2.45) is 7.05 Å². The average molecular weight is 389 g/mol. The normalized spacial score (nSPS) is 15.4. The molecule has 1 aromatic carbocycles. The summed E-state index contributed by atoms with van der Waals surface area (Å²) in [6.07, 6.45) is 3.15. The number of hydrogen-bond acceptors (Lipinski definition) is 4.